The molecule has 70 valence electrons. The Hall–Kier alpha value is -0.860. The molecular weight excluding hydrogens is 261 g/mol. The number of aromatic nitrogens is 1. The quantitative estimate of drug-likeness (QED) is 0.708. The third kappa shape index (κ3) is 1.97. The fourth-order valence-corrected chi connectivity index (χ4v) is 1.93. The van der Waals surface area contributed by atoms with Gasteiger partial charge in [0.05, 0.1) is 0 Å². The van der Waals surface area contributed by atoms with Crippen molar-refractivity contribution in [2.45, 2.75) is 0 Å². The Morgan fingerprint density at radius 1 is 1.14 bits per heavy atom. The van der Waals surface area contributed by atoms with Crippen LogP contribution < -0.4 is 0 Å². The van der Waals surface area contributed by atoms with Crippen LogP contribution in [-0.4, -0.2) is 4.98 Å². The summed E-state index contributed by atoms with van der Waals surface area (Å²) in [5.74, 6) is 0. The second-order valence-corrected chi connectivity index (χ2v) is 4.04. The second-order valence-electron chi connectivity index (χ2n) is 2.85. The highest BCUT2D eigenvalue weighted by Gasteiger charge is 2.02. The maximum atomic E-state index is 5.91. The topological polar surface area (TPSA) is 12.9 Å². The van der Waals surface area contributed by atoms with Gasteiger partial charge in [0.2, 0.25) is 0 Å². The van der Waals surface area contributed by atoms with Gasteiger partial charge in [-0.25, -0.2) is 4.98 Å². The monoisotopic (exact) mass is 267 g/mol. The molecule has 0 unspecified atom stereocenters. The Morgan fingerprint density at radius 2 is 2.00 bits per heavy atom. The Balaban J connectivity index is 2.55. The van der Waals surface area contributed by atoms with E-state index in [2.05, 4.69) is 20.9 Å². The molecule has 0 atom stereocenters. The standard InChI is InChI=1S/C11H7BrClN/c12-11-10(5-2-6-14-11)8-3-1-4-9(13)7-8/h1-7H. The zero-order chi connectivity index (χ0) is 9.97. The van der Waals surface area contributed by atoms with E-state index in [1.807, 2.05) is 36.4 Å². The smallest absolute Gasteiger partial charge is 0.113 e. The second kappa shape index (κ2) is 4.11. The predicted octanol–water partition coefficient (Wildman–Crippen LogP) is 4.16. The van der Waals surface area contributed by atoms with Crippen LogP contribution in [0.15, 0.2) is 47.2 Å². The molecule has 1 aromatic carbocycles. The van der Waals surface area contributed by atoms with E-state index in [0.717, 1.165) is 20.8 Å². The minimum atomic E-state index is 0.734. The van der Waals surface area contributed by atoms with Gasteiger partial charge < -0.3 is 0 Å². The maximum Gasteiger partial charge on any atom is 0.113 e. The summed E-state index contributed by atoms with van der Waals surface area (Å²) >= 11 is 9.31. The minimum absolute atomic E-state index is 0.734. The Labute approximate surface area is 95.9 Å². The molecule has 0 bridgehead atoms. The molecule has 0 fully saturated rings. The van der Waals surface area contributed by atoms with Crippen LogP contribution in [0, 0.1) is 0 Å². The first-order chi connectivity index (χ1) is 6.77. The Bertz CT molecular complexity index is 457. The highest BCUT2D eigenvalue weighted by molar-refractivity contribution is 9.10. The van der Waals surface area contributed by atoms with Crippen molar-refractivity contribution in [2.24, 2.45) is 0 Å². The first-order valence-electron chi connectivity index (χ1n) is 4.14. The van der Waals surface area contributed by atoms with Crippen LogP contribution in [0.1, 0.15) is 0 Å². The summed E-state index contributed by atoms with van der Waals surface area (Å²) in [7, 11) is 0. The van der Waals surface area contributed by atoms with Gasteiger partial charge in [0.1, 0.15) is 4.60 Å². The molecule has 0 saturated heterocycles. The number of nitrogens with zero attached hydrogens (tertiary/aromatic N) is 1. The lowest BCUT2D eigenvalue weighted by molar-refractivity contribution is 1.28. The van der Waals surface area contributed by atoms with Crippen LogP contribution in [0.25, 0.3) is 11.1 Å². The minimum Gasteiger partial charge on any atom is -0.249 e. The zero-order valence-electron chi connectivity index (χ0n) is 7.24. The van der Waals surface area contributed by atoms with Crippen molar-refractivity contribution in [1.29, 1.82) is 0 Å². The molecule has 14 heavy (non-hydrogen) atoms. The third-order valence-corrected chi connectivity index (χ3v) is 2.76. The highest BCUT2D eigenvalue weighted by atomic mass is 79.9. The summed E-state index contributed by atoms with van der Waals surface area (Å²) in [6.45, 7) is 0. The fourth-order valence-electron chi connectivity index (χ4n) is 1.26. The zero-order valence-corrected chi connectivity index (χ0v) is 9.59. The van der Waals surface area contributed by atoms with Crippen molar-refractivity contribution < 1.29 is 0 Å². The van der Waals surface area contributed by atoms with Crippen LogP contribution in [-0.2, 0) is 0 Å². The largest absolute Gasteiger partial charge is 0.249 e. The summed E-state index contributed by atoms with van der Waals surface area (Å²) in [4.78, 5) is 4.16. The normalized spacial score (nSPS) is 10.1. The molecule has 0 saturated carbocycles. The molecule has 0 aliphatic carbocycles. The van der Waals surface area contributed by atoms with Crippen LogP contribution in [0.5, 0.6) is 0 Å². The van der Waals surface area contributed by atoms with Crippen LogP contribution in [0.4, 0.5) is 0 Å². The van der Waals surface area contributed by atoms with Gasteiger partial charge in [0.15, 0.2) is 0 Å². The lowest BCUT2D eigenvalue weighted by Gasteiger charge is -2.03. The van der Waals surface area contributed by atoms with Gasteiger partial charge in [0.25, 0.3) is 0 Å². The lowest BCUT2D eigenvalue weighted by Crippen LogP contribution is -1.82. The molecule has 0 aliphatic rings. The SMILES string of the molecule is Clc1cccc(-c2cccnc2Br)c1. The average Bonchev–Trinajstić information content (AvgIpc) is 2.18. The van der Waals surface area contributed by atoms with Gasteiger partial charge in [-0.3, -0.25) is 0 Å². The van der Waals surface area contributed by atoms with Crippen molar-refractivity contribution in [3.63, 3.8) is 0 Å². The van der Waals surface area contributed by atoms with E-state index >= 15 is 0 Å². The Kier molecular flexibility index (Phi) is 2.85. The highest BCUT2D eigenvalue weighted by Crippen LogP contribution is 2.27. The molecular formula is C11H7BrClN. The van der Waals surface area contributed by atoms with Crippen LogP contribution in [0.3, 0.4) is 0 Å². The predicted molar refractivity (Wildman–Crippen MR) is 62.4 cm³/mol. The van der Waals surface area contributed by atoms with Gasteiger partial charge in [-0.15, -0.1) is 0 Å². The molecule has 0 radical (unpaired) electrons. The lowest BCUT2D eigenvalue weighted by atomic mass is 10.1. The van der Waals surface area contributed by atoms with Crippen molar-refractivity contribution >= 4 is 27.5 Å². The number of benzene rings is 1. The molecule has 2 rings (SSSR count). The summed E-state index contributed by atoms with van der Waals surface area (Å²) in [5.41, 5.74) is 2.12. The molecule has 0 spiro atoms. The summed E-state index contributed by atoms with van der Waals surface area (Å²) < 4.78 is 0.835. The van der Waals surface area contributed by atoms with Crippen molar-refractivity contribution in [2.75, 3.05) is 0 Å². The van der Waals surface area contributed by atoms with E-state index in [-0.39, 0.29) is 0 Å². The van der Waals surface area contributed by atoms with Gasteiger partial charge in [-0.05, 0) is 39.7 Å². The number of rotatable bonds is 1. The van der Waals surface area contributed by atoms with Gasteiger partial charge in [-0.1, -0.05) is 29.8 Å². The molecule has 0 N–H and O–H groups in total. The van der Waals surface area contributed by atoms with E-state index in [0.29, 0.717) is 0 Å². The van der Waals surface area contributed by atoms with E-state index in [9.17, 15) is 0 Å². The summed E-state index contributed by atoms with van der Waals surface area (Å²) in [5, 5.41) is 0.734. The van der Waals surface area contributed by atoms with E-state index in [1.54, 1.807) is 6.20 Å². The Morgan fingerprint density at radius 3 is 2.71 bits per heavy atom. The third-order valence-electron chi connectivity index (χ3n) is 1.89. The fraction of sp³-hybridized carbons (Fsp3) is 0. The van der Waals surface area contributed by atoms with Crippen molar-refractivity contribution in [1.82, 2.24) is 4.98 Å². The maximum absolute atomic E-state index is 5.91. The first kappa shape index (κ1) is 9.69. The molecule has 0 amide bonds. The molecule has 1 aromatic heterocycles. The molecule has 1 nitrogen and oxygen atoms in total. The first-order valence-corrected chi connectivity index (χ1v) is 5.31. The van der Waals surface area contributed by atoms with Gasteiger partial charge in [-0.2, -0.15) is 0 Å². The summed E-state index contributed by atoms with van der Waals surface area (Å²) in [6.07, 6.45) is 1.75. The van der Waals surface area contributed by atoms with E-state index < -0.39 is 0 Å². The number of pyridine rings is 1. The van der Waals surface area contributed by atoms with Crippen molar-refractivity contribution in [3.05, 3.63) is 52.2 Å². The van der Waals surface area contributed by atoms with Gasteiger partial charge >= 0.3 is 0 Å². The summed E-state index contributed by atoms with van der Waals surface area (Å²) in [6, 6.07) is 11.6. The van der Waals surface area contributed by atoms with Gasteiger partial charge in [0, 0.05) is 16.8 Å². The van der Waals surface area contributed by atoms with Crippen molar-refractivity contribution in [3.8, 4) is 11.1 Å². The molecule has 2 aromatic rings. The van der Waals surface area contributed by atoms with E-state index in [4.69, 9.17) is 11.6 Å². The number of hydrogen-bond donors (Lipinski definition) is 0. The number of halogens is 2. The number of hydrogen-bond acceptors (Lipinski definition) is 1. The molecule has 0 aliphatic heterocycles. The van der Waals surface area contributed by atoms with Crippen LogP contribution >= 0.6 is 27.5 Å². The van der Waals surface area contributed by atoms with E-state index in [1.165, 1.54) is 0 Å². The van der Waals surface area contributed by atoms with Crippen LogP contribution in [0.2, 0.25) is 5.02 Å². The molecule has 1 heterocycles. The molecule has 3 heteroatoms. The average molecular weight is 269 g/mol.